The van der Waals surface area contributed by atoms with Crippen molar-refractivity contribution in [2.45, 2.75) is 13.3 Å². The third-order valence-electron chi connectivity index (χ3n) is 2.09. The van der Waals surface area contributed by atoms with E-state index in [1.807, 2.05) is 19.1 Å². The predicted octanol–water partition coefficient (Wildman–Crippen LogP) is 2.00. The molecule has 78 valence electrons. The molecule has 0 aliphatic rings. The summed E-state index contributed by atoms with van der Waals surface area (Å²) in [6.07, 6.45) is 4.41. The summed E-state index contributed by atoms with van der Waals surface area (Å²) >= 11 is 0. The minimum Gasteiger partial charge on any atom is -0.478 e. The van der Waals surface area contributed by atoms with Crippen LogP contribution in [0.3, 0.4) is 0 Å². The van der Waals surface area contributed by atoms with E-state index in [0.29, 0.717) is 18.3 Å². The van der Waals surface area contributed by atoms with E-state index in [0.717, 1.165) is 17.2 Å². The Morgan fingerprint density at radius 1 is 1.47 bits per heavy atom. The van der Waals surface area contributed by atoms with Crippen molar-refractivity contribution in [3.8, 4) is 5.88 Å². The van der Waals surface area contributed by atoms with Crippen LogP contribution in [0.25, 0.3) is 10.8 Å². The maximum Gasteiger partial charge on any atom is 0.215 e. The van der Waals surface area contributed by atoms with Crippen molar-refractivity contribution in [2.24, 2.45) is 0 Å². The number of hydrogen-bond acceptors (Lipinski definition) is 4. The Balaban J connectivity index is 2.43. The van der Waals surface area contributed by atoms with Gasteiger partial charge in [-0.2, -0.15) is 4.98 Å². The first-order valence-electron chi connectivity index (χ1n) is 4.94. The normalized spacial score (nSPS) is 10.5. The number of nitrogens with two attached hydrogens (primary N) is 1. The van der Waals surface area contributed by atoms with Gasteiger partial charge in [-0.3, -0.25) is 4.98 Å². The molecule has 0 aromatic carbocycles. The quantitative estimate of drug-likeness (QED) is 0.828. The van der Waals surface area contributed by atoms with Gasteiger partial charge in [0.05, 0.1) is 6.61 Å². The molecule has 0 atom stereocenters. The van der Waals surface area contributed by atoms with Crippen LogP contribution in [0.2, 0.25) is 0 Å². The molecule has 2 rings (SSSR count). The second-order valence-electron chi connectivity index (χ2n) is 3.29. The highest BCUT2D eigenvalue weighted by Crippen LogP contribution is 2.22. The van der Waals surface area contributed by atoms with Crippen LogP contribution in [0, 0.1) is 0 Å². The number of nitrogen functional groups attached to an aromatic ring is 1. The SMILES string of the molecule is CCCOc1cc2cnccc2c(N)n1. The second kappa shape index (κ2) is 4.13. The molecular formula is C11H13N3O. The van der Waals surface area contributed by atoms with Gasteiger partial charge in [0, 0.05) is 29.2 Å². The topological polar surface area (TPSA) is 61.0 Å². The second-order valence-corrected chi connectivity index (χ2v) is 3.29. The Morgan fingerprint density at radius 2 is 2.33 bits per heavy atom. The fourth-order valence-corrected chi connectivity index (χ4v) is 1.38. The van der Waals surface area contributed by atoms with Gasteiger partial charge in [0.1, 0.15) is 5.82 Å². The Kier molecular flexibility index (Phi) is 2.67. The van der Waals surface area contributed by atoms with Crippen molar-refractivity contribution < 1.29 is 4.74 Å². The van der Waals surface area contributed by atoms with Crippen molar-refractivity contribution >= 4 is 16.6 Å². The van der Waals surface area contributed by atoms with Crippen molar-refractivity contribution in [1.82, 2.24) is 9.97 Å². The van der Waals surface area contributed by atoms with E-state index in [9.17, 15) is 0 Å². The van der Waals surface area contributed by atoms with E-state index < -0.39 is 0 Å². The fourth-order valence-electron chi connectivity index (χ4n) is 1.38. The number of nitrogens with zero attached hydrogens (tertiary/aromatic N) is 2. The number of hydrogen-bond donors (Lipinski definition) is 1. The lowest BCUT2D eigenvalue weighted by atomic mass is 10.2. The lowest BCUT2D eigenvalue weighted by molar-refractivity contribution is 0.306. The minimum atomic E-state index is 0.487. The van der Waals surface area contributed by atoms with Crippen LogP contribution in [-0.2, 0) is 0 Å². The molecule has 0 radical (unpaired) electrons. The molecule has 2 aromatic rings. The largest absolute Gasteiger partial charge is 0.478 e. The Hall–Kier alpha value is -1.84. The molecule has 2 aromatic heterocycles. The van der Waals surface area contributed by atoms with Crippen LogP contribution in [0.1, 0.15) is 13.3 Å². The van der Waals surface area contributed by atoms with E-state index >= 15 is 0 Å². The van der Waals surface area contributed by atoms with E-state index in [-0.39, 0.29) is 0 Å². The highest BCUT2D eigenvalue weighted by Gasteiger charge is 2.03. The number of fused-ring (bicyclic) bond motifs is 1. The third kappa shape index (κ3) is 1.98. The lowest BCUT2D eigenvalue weighted by Gasteiger charge is -2.06. The molecule has 0 spiro atoms. The summed E-state index contributed by atoms with van der Waals surface area (Å²) in [4.78, 5) is 8.20. The maximum absolute atomic E-state index is 5.81. The maximum atomic E-state index is 5.81. The van der Waals surface area contributed by atoms with Crippen molar-refractivity contribution in [2.75, 3.05) is 12.3 Å². The van der Waals surface area contributed by atoms with Gasteiger partial charge < -0.3 is 10.5 Å². The lowest BCUT2D eigenvalue weighted by Crippen LogP contribution is -2.00. The summed E-state index contributed by atoms with van der Waals surface area (Å²) in [5, 5.41) is 1.87. The number of anilines is 1. The molecule has 0 amide bonds. The van der Waals surface area contributed by atoms with Crippen LogP contribution in [0.5, 0.6) is 5.88 Å². The minimum absolute atomic E-state index is 0.487. The summed E-state index contributed by atoms with van der Waals surface area (Å²) in [5.41, 5.74) is 5.81. The first-order valence-corrected chi connectivity index (χ1v) is 4.94. The first-order chi connectivity index (χ1) is 7.31. The van der Waals surface area contributed by atoms with Gasteiger partial charge in [-0.05, 0) is 12.5 Å². The number of ether oxygens (including phenoxy) is 1. The van der Waals surface area contributed by atoms with Gasteiger partial charge in [-0.1, -0.05) is 6.92 Å². The average molecular weight is 203 g/mol. The van der Waals surface area contributed by atoms with Crippen molar-refractivity contribution in [3.05, 3.63) is 24.5 Å². The summed E-state index contributed by atoms with van der Waals surface area (Å²) in [5.74, 6) is 1.05. The summed E-state index contributed by atoms with van der Waals surface area (Å²) in [7, 11) is 0. The summed E-state index contributed by atoms with van der Waals surface area (Å²) < 4.78 is 5.43. The van der Waals surface area contributed by atoms with Gasteiger partial charge >= 0.3 is 0 Å². The zero-order chi connectivity index (χ0) is 10.7. The highest BCUT2D eigenvalue weighted by atomic mass is 16.5. The van der Waals surface area contributed by atoms with E-state index in [2.05, 4.69) is 9.97 Å². The smallest absolute Gasteiger partial charge is 0.215 e. The van der Waals surface area contributed by atoms with Crippen LogP contribution in [0.15, 0.2) is 24.5 Å². The predicted molar refractivity (Wildman–Crippen MR) is 59.7 cm³/mol. The van der Waals surface area contributed by atoms with Crippen molar-refractivity contribution in [3.63, 3.8) is 0 Å². The molecule has 0 fully saturated rings. The molecule has 0 aliphatic heterocycles. The Labute approximate surface area is 88.1 Å². The molecule has 0 saturated heterocycles. The van der Waals surface area contributed by atoms with Crippen LogP contribution in [-0.4, -0.2) is 16.6 Å². The zero-order valence-corrected chi connectivity index (χ0v) is 8.60. The molecule has 2 N–H and O–H groups in total. The van der Waals surface area contributed by atoms with E-state index in [4.69, 9.17) is 10.5 Å². The summed E-state index contributed by atoms with van der Waals surface area (Å²) in [6, 6.07) is 3.70. The molecule has 0 bridgehead atoms. The van der Waals surface area contributed by atoms with E-state index in [1.54, 1.807) is 12.4 Å². The number of aromatic nitrogens is 2. The van der Waals surface area contributed by atoms with Gasteiger partial charge in [-0.25, -0.2) is 0 Å². The molecule has 0 saturated carbocycles. The van der Waals surface area contributed by atoms with Crippen LogP contribution >= 0.6 is 0 Å². The molecule has 0 unspecified atom stereocenters. The van der Waals surface area contributed by atoms with Crippen molar-refractivity contribution in [1.29, 1.82) is 0 Å². The van der Waals surface area contributed by atoms with Crippen LogP contribution < -0.4 is 10.5 Å². The highest BCUT2D eigenvalue weighted by molar-refractivity contribution is 5.90. The Bertz CT molecular complexity index is 470. The van der Waals surface area contributed by atoms with Crippen LogP contribution in [0.4, 0.5) is 5.82 Å². The third-order valence-corrected chi connectivity index (χ3v) is 2.09. The first kappa shape index (κ1) is 9.71. The molecule has 4 heteroatoms. The zero-order valence-electron chi connectivity index (χ0n) is 8.60. The molecule has 4 nitrogen and oxygen atoms in total. The monoisotopic (exact) mass is 203 g/mol. The molecular weight excluding hydrogens is 190 g/mol. The van der Waals surface area contributed by atoms with Gasteiger partial charge in [0.25, 0.3) is 0 Å². The molecule has 2 heterocycles. The Morgan fingerprint density at radius 3 is 3.13 bits per heavy atom. The molecule has 0 aliphatic carbocycles. The number of pyridine rings is 2. The van der Waals surface area contributed by atoms with Gasteiger partial charge in [-0.15, -0.1) is 0 Å². The summed E-state index contributed by atoms with van der Waals surface area (Å²) in [6.45, 7) is 2.70. The fraction of sp³-hybridized carbons (Fsp3) is 0.273. The van der Waals surface area contributed by atoms with Gasteiger partial charge in [0.15, 0.2) is 0 Å². The van der Waals surface area contributed by atoms with Gasteiger partial charge in [0.2, 0.25) is 5.88 Å². The number of rotatable bonds is 3. The standard InChI is InChI=1S/C11H13N3O/c1-2-5-15-10-6-8-7-13-4-3-9(8)11(12)14-10/h3-4,6-7H,2,5H2,1H3,(H2,12,14). The van der Waals surface area contributed by atoms with E-state index in [1.165, 1.54) is 0 Å². The molecule has 15 heavy (non-hydrogen) atoms. The average Bonchev–Trinajstić information content (AvgIpc) is 2.26.